The van der Waals surface area contributed by atoms with Crippen molar-refractivity contribution < 1.29 is 4.79 Å². The van der Waals surface area contributed by atoms with Crippen molar-refractivity contribution in [3.05, 3.63) is 45.9 Å². The van der Waals surface area contributed by atoms with Crippen LogP contribution in [0.5, 0.6) is 0 Å². The average Bonchev–Trinajstić information content (AvgIpc) is 3.29. The first-order valence-corrected chi connectivity index (χ1v) is 11.1. The minimum absolute atomic E-state index is 0.0586. The van der Waals surface area contributed by atoms with Crippen LogP contribution < -0.4 is 5.56 Å². The lowest BCUT2D eigenvalue weighted by Gasteiger charge is -2.38. The van der Waals surface area contributed by atoms with Crippen LogP contribution in [-0.4, -0.2) is 70.9 Å². The van der Waals surface area contributed by atoms with E-state index in [0.717, 1.165) is 61.7 Å². The third-order valence-corrected chi connectivity index (χ3v) is 7.07. The van der Waals surface area contributed by atoms with Crippen LogP contribution in [0, 0.1) is 0 Å². The van der Waals surface area contributed by atoms with E-state index in [9.17, 15) is 9.59 Å². The van der Waals surface area contributed by atoms with Gasteiger partial charge in [0.1, 0.15) is 0 Å². The summed E-state index contributed by atoms with van der Waals surface area (Å²) in [5.41, 5.74) is 2.03. The minimum Gasteiger partial charge on any atom is -0.335 e. The zero-order valence-electron chi connectivity index (χ0n) is 17.0. The minimum atomic E-state index is -0.0586. The number of nitrogens with zero attached hydrogens (tertiary/aromatic N) is 3. The number of rotatable bonds is 3. The molecule has 6 heteroatoms. The number of carbonyl (C=O) groups excluding carboxylic acids is 1. The SMILES string of the molecule is O=C(CN1CCN(C2CCCC2)CC1)N1CCc2c([nH]c(=O)c3ccccc23)C1. The lowest BCUT2D eigenvalue weighted by atomic mass is 9.98. The van der Waals surface area contributed by atoms with Gasteiger partial charge in [-0.15, -0.1) is 0 Å². The van der Waals surface area contributed by atoms with Crippen LogP contribution in [0.4, 0.5) is 0 Å². The molecule has 1 saturated carbocycles. The average molecular weight is 395 g/mol. The van der Waals surface area contributed by atoms with Gasteiger partial charge in [-0.25, -0.2) is 0 Å². The molecule has 2 aliphatic heterocycles. The van der Waals surface area contributed by atoms with Crippen LogP contribution in [0.1, 0.15) is 36.9 Å². The number of hydrogen-bond donors (Lipinski definition) is 1. The number of piperazine rings is 1. The van der Waals surface area contributed by atoms with E-state index in [1.54, 1.807) is 0 Å². The third kappa shape index (κ3) is 3.71. The summed E-state index contributed by atoms with van der Waals surface area (Å²) >= 11 is 0. The fraction of sp³-hybridized carbons (Fsp3) is 0.565. The van der Waals surface area contributed by atoms with Crippen LogP contribution in [-0.2, 0) is 17.8 Å². The van der Waals surface area contributed by atoms with Gasteiger partial charge in [-0.05, 0) is 36.3 Å². The topological polar surface area (TPSA) is 59.7 Å². The highest BCUT2D eigenvalue weighted by molar-refractivity contribution is 5.86. The van der Waals surface area contributed by atoms with Gasteiger partial charge in [-0.3, -0.25) is 19.4 Å². The maximum atomic E-state index is 12.9. The van der Waals surface area contributed by atoms with Crippen molar-refractivity contribution in [2.24, 2.45) is 0 Å². The van der Waals surface area contributed by atoms with Crippen molar-refractivity contribution in [1.82, 2.24) is 19.7 Å². The van der Waals surface area contributed by atoms with Crippen molar-refractivity contribution in [2.75, 3.05) is 39.3 Å². The first-order valence-electron chi connectivity index (χ1n) is 11.1. The smallest absolute Gasteiger partial charge is 0.256 e. The van der Waals surface area contributed by atoms with Crippen molar-refractivity contribution >= 4 is 16.7 Å². The molecule has 1 saturated heterocycles. The zero-order chi connectivity index (χ0) is 19.8. The second-order valence-corrected chi connectivity index (χ2v) is 8.77. The second kappa shape index (κ2) is 7.92. The fourth-order valence-corrected chi connectivity index (χ4v) is 5.38. The molecule has 0 radical (unpaired) electrons. The number of benzene rings is 1. The van der Waals surface area contributed by atoms with Crippen molar-refractivity contribution in [2.45, 2.75) is 44.7 Å². The number of aromatic amines is 1. The molecule has 29 heavy (non-hydrogen) atoms. The Hall–Kier alpha value is -2.18. The first kappa shape index (κ1) is 18.8. The summed E-state index contributed by atoms with van der Waals surface area (Å²) in [5.74, 6) is 0.180. The molecular weight excluding hydrogens is 364 g/mol. The Labute approximate surface area is 171 Å². The molecule has 6 nitrogen and oxygen atoms in total. The van der Waals surface area contributed by atoms with Crippen LogP contribution >= 0.6 is 0 Å². The van der Waals surface area contributed by atoms with E-state index in [2.05, 4.69) is 14.8 Å². The summed E-state index contributed by atoms with van der Waals surface area (Å²) in [6, 6.07) is 8.54. The number of amides is 1. The predicted octanol–water partition coefficient (Wildman–Crippen LogP) is 1.97. The summed E-state index contributed by atoms with van der Waals surface area (Å²) in [6.07, 6.45) is 6.24. The largest absolute Gasteiger partial charge is 0.335 e. The molecule has 0 unspecified atom stereocenters. The predicted molar refractivity (Wildman–Crippen MR) is 114 cm³/mol. The lowest BCUT2D eigenvalue weighted by molar-refractivity contribution is -0.133. The summed E-state index contributed by atoms with van der Waals surface area (Å²) < 4.78 is 0. The van der Waals surface area contributed by atoms with E-state index < -0.39 is 0 Å². The zero-order valence-corrected chi connectivity index (χ0v) is 17.0. The van der Waals surface area contributed by atoms with Crippen molar-refractivity contribution in [3.8, 4) is 0 Å². The summed E-state index contributed by atoms with van der Waals surface area (Å²) in [5, 5.41) is 1.77. The first-order chi connectivity index (χ1) is 14.2. The highest BCUT2D eigenvalue weighted by Crippen LogP contribution is 2.25. The molecule has 0 atom stereocenters. The molecule has 1 aliphatic carbocycles. The Morgan fingerprint density at radius 3 is 2.48 bits per heavy atom. The molecular formula is C23H30N4O2. The Morgan fingerprint density at radius 1 is 1.00 bits per heavy atom. The molecule has 2 aromatic rings. The summed E-state index contributed by atoms with van der Waals surface area (Å²) in [7, 11) is 0. The highest BCUT2D eigenvalue weighted by Gasteiger charge is 2.29. The molecule has 0 bridgehead atoms. The van der Waals surface area contributed by atoms with Gasteiger partial charge < -0.3 is 9.88 Å². The molecule has 1 aromatic carbocycles. The van der Waals surface area contributed by atoms with Crippen molar-refractivity contribution in [1.29, 1.82) is 0 Å². The quantitative estimate of drug-likeness (QED) is 0.865. The third-order valence-electron chi connectivity index (χ3n) is 7.07. The van der Waals surface area contributed by atoms with Gasteiger partial charge in [0.25, 0.3) is 5.56 Å². The summed E-state index contributed by atoms with van der Waals surface area (Å²) in [4.78, 5) is 35.2. The van der Waals surface area contributed by atoms with Gasteiger partial charge in [0.05, 0.1) is 13.1 Å². The van der Waals surface area contributed by atoms with E-state index >= 15 is 0 Å². The van der Waals surface area contributed by atoms with E-state index in [1.807, 2.05) is 29.2 Å². The fourth-order valence-electron chi connectivity index (χ4n) is 5.38. The number of pyridine rings is 1. The van der Waals surface area contributed by atoms with Gasteiger partial charge in [0.15, 0.2) is 0 Å². The monoisotopic (exact) mass is 394 g/mol. The van der Waals surface area contributed by atoms with Crippen LogP contribution in [0.25, 0.3) is 10.8 Å². The highest BCUT2D eigenvalue weighted by atomic mass is 16.2. The number of carbonyl (C=O) groups is 1. The Morgan fingerprint density at radius 2 is 1.72 bits per heavy atom. The molecule has 5 rings (SSSR count). The molecule has 3 aliphatic rings. The van der Waals surface area contributed by atoms with Crippen molar-refractivity contribution in [3.63, 3.8) is 0 Å². The maximum absolute atomic E-state index is 12.9. The molecule has 1 N–H and O–H groups in total. The number of hydrogen-bond acceptors (Lipinski definition) is 4. The Bertz CT molecular complexity index is 955. The van der Waals surface area contributed by atoms with E-state index in [4.69, 9.17) is 0 Å². The summed E-state index contributed by atoms with van der Waals surface area (Å²) in [6.45, 7) is 5.86. The number of aromatic nitrogens is 1. The molecule has 0 spiro atoms. The van der Waals surface area contributed by atoms with Gasteiger partial charge in [-0.1, -0.05) is 31.0 Å². The number of fused-ring (bicyclic) bond motifs is 3. The van der Waals surface area contributed by atoms with E-state index in [1.165, 1.54) is 31.2 Å². The molecule has 154 valence electrons. The van der Waals surface area contributed by atoms with Gasteiger partial charge in [0.2, 0.25) is 5.91 Å². The van der Waals surface area contributed by atoms with Crippen LogP contribution in [0.3, 0.4) is 0 Å². The Balaban J connectivity index is 1.22. The molecule has 1 amide bonds. The molecule has 1 aromatic heterocycles. The van der Waals surface area contributed by atoms with E-state index in [-0.39, 0.29) is 11.5 Å². The molecule has 3 heterocycles. The normalized spacial score (nSPS) is 21.6. The number of nitrogens with one attached hydrogen (secondary N) is 1. The Kier molecular flexibility index (Phi) is 5.14. The van der Waals surface area contributed by atoms with E-state index in [0.29, 0.717) is 13.1 Å². The lowest BCUT2D eigenvalue weighted by Crippen LogP contribution is -2.52. The van der Waals surface area contributed by atoms with Crippen LogP contribution in [0.2, 0.25) is 0 Å². The van der Waals surface area contributed by atoms with Gasteiger partial charge in [0, 0.05) is 49.8 Å². The van der Waals surface area contributed by atoms with Crippen LogP contribution in [0.15, 0.2) is 29.1 Å². The standard InChI is InChI=1S/C23H30N4O2/c28-22(16-25-11-13-26(14-12-25)17-5-1-2-6-17)27-10-9-19-18-7-3-4-8-20(18)23(29)24-21(19)15-27/h3-4,7-8,17H,1-2,5-6,9-16H2,(H,24,29). The van der Waals surface area contributed by atoms with Gasteiger partial charge >= 0.3 is 0 Å². The number of H-pyrrole nitrogens is 1. The maximum Gasteiger partial charge on any atom is 0.256 e. The van der Waals surface area contributed by atoms with Gasteiger partial charge in [-0.2, -0.15) is 0 Å². The molecule has 2 fully saturated rings. The second-order valence-electron chi connectivity index (χ2n) is 8.77.